The van der Waals surface area contributed by atoms with E-state index in [0.717, 1.165) is 11.3 Å². The largest absolute Gasteiger partial charge is 0.494 e. The first kappa shape index (κ1) is 19.4. The normalized spacial score (nSPS) is 11.8. The Kier molecular flexibility index (Phi) is 6.26. The van der Waals surface area contributed by atoms with Gasteiger partial charge in [0.25, 0.3) is 5.91 Å². The van der Waals surface area contributed by atoms with Crippen LogP contribution in [-0.2, 0) is 20.7 Å². The highest BCUT2D eigenvalue weighted by Gasteiger charge is 2.18. The van der Waals surface area contributed by atoms with E-state index >= 15 is 0 Å². The van der Waals surface area contributed by atoms with Crippen LogP contribution < -0.4 is 10.1 Å². The molecule has 1 aromatic heterocycles. The molecule has 0 radical (unpaired) electrons. The maximum Gasteiger partial charge on any atom is 0.307 e. The van der Waals surface area contributed by atoms with Crippen LogP contribution in [-0.4, -0.2) is 29.6 Å². The van der Waals surface area contributed by atoms with Crippen LogP contribution in [0, 0.1) is 0 Å². The van der Waals surface area contributed by atoms with Crippen molar-refractivity contribution in [3.8, 4) is 5.75 Å². The van der Waals surface area contributed by atoms with Gasteiger partial charge in [0.05, 0.1) is 13.0 Å². The number of carbonyl (C=O) groups excluding carboxylic acids is 2. The maximum absolute atomic E-state index is 12.2. The van der Waals surface area contributed by atoms with Crippen LogP contribution in [0.5, 0.6) is 5.75 Å². The number of amides is 1. The summed E-state index contributed by atoms with van der Waals surface area (Å²) in [6.45, 7) is 4.00. The lowest BCUT2D eigenvalue weighted by Gasteiger charge is -2.13. The molecular formula is C21H22N2O5. The first-order valence-electron chi connectivity index (χ1n) is 9.13. The molecule has 7 heteroatoms. The Balaban J connectivity index is 1.46. The van der Waals surface area contributed by atoms with Gasteiger partial charge < -0.3 is 19.2 Å². The van der Waals surface area contributed by atoms with Crippen molar-refractivity contribution in [1.82, 2.24) is 4.98 Å². The molecule has 0 bridgehead atoms. The minimum atomic E-state index is -0.914. The Morgan fingerprint density at radius 3 is 2.61 bits per heavy atom. The van der Waals surface area contributed by atoms with Gasteiger partial charge in [0.1, 0.15) is 11.3 Å². The van der Waals surface area contributed by atoms with E-state index in [1.165, 1.54) is 6.92 Å². The van der Waals surface area contributed by atoms with Crippen molar-refractivity contribution in [3.05, 3.63) is 54.4 Å². The third-order valence-electron chi connectivity index (χ3n) is 3.99. The molecule has 0 spiro atoms. The smallest absolute Gasteiger partial charge is 0.307 e. The Morgan fingerprint density at radius 1 is 1.14 bits per heavy atom. The van der Waals surface area contributed by atoms with Crippen LogP contribution in [0.15, 0.2) is 52.9 Å². The van der Waals surface area contributed by atoms with Crippen LogP contribution in [0.4, 0.5) is 5.69 Å². The molecule has 0 saturated heterocycles. The Hall–Kier alpha value is -3.35. The number of para-hydroxylation sites is 2. The van der Waals surface area contributed by atoms with Crippen molar-refractivity contribution < 1.29 is 23.5 Å². The van der Waals surface area contributed by atoms with Gasteiger partial charge in [-0.05, 0) is 50.2 Å². The molecule has 146 valence electrons. The summed E-state index contributed by atoms with van der Waals surface area (Å²) in [5.41, 5.74) is 2.02. The summed E-state index contributed by atoms with van der Waals surface area (Å²) in [6, 6.07) is 14.4. The number of rotatable bonds is 8. The molecular weight excluding hydrogens is 360 g/mol. The number of aromatic nitrogens is 1. The number of carbonyl (C=O) groups is 2. The lowest BCUT2D eigenvalue weighted by Crippen LogP contribution is -2.30. The molecule has 0 aliphatic rings. The fourth-order valence-corrected chi connectivity index (χ4v) is 2.59. The number of anilines is 1. The monoisotopic (exact) mass is 382 g/mol. The van der Waals surface area contributed by atoms with Crippen LogP contribution >= 0.6 is 0 Å². The van der Waals surface area contributed by atoms with Gasteiger partial charge in [0, 0.05) is 12.1 Å². The van der Waals surface area contributed by atoms with E-state index in [4.69, 9.17) is 13.9 Å². The van der Waals surface area contributed by atoms with Crippen LogP contribution in [0.1, 0.15) is 26.2 Å². The summed E-state index contributed by atoms with van der Waals surface area (Å²) < 4.78 is 16.1. The fourth-order valence-electron chi connectivity index (χ4n) is 2.59. The quantitative estimate of drug-likeness (QED) is 0.597. The van der Waals surface area contributed by atoms with Crippen molar-refractivity contribution in [2.45, 2.75) is 32.8 Å². The van der Waals surface area contributed by atoms with E-state index in [9.17, 15) is 9.59 Å². The number of oxazole rings is 1. The molecule has 28 heavy (non-hydrogen) atoms. The molecule has 0 unspecified atom stereocenters. The van der Waals surface area contributed by atoms with Crippen molar-refractivity contribution >= 4 is 28.7 Å². The Labute approximate surface area is 162 Å². The predicted molar refractivity (Wildman–Crippen MR) is 104 cm³/mol. The second-order valence-electron chi connectivity index (χ2n) is 6.15. The summed E-state index contributed by atoms with van der Waals surface area (Å²) in [4.78, 5) is 28.5. The first-order valence-corrected chi connectivity index (χ1v) is 9.13. The van der Waals surface area contributed by atoms with Crippen molar-refractivity contribution in [3.63, 3.8) is 0 Å². The van der Waals surface area contributed by atoms with Crippen LogP contribution in [0.25, 0.3) is 11.1 Å². The number of ether oxygens (including phenoxy) is 2. The highest BCUT2D eigenvalue weighted by Crippen LogP contribution is 2.17. The molecule has 0 aliphatic heterocycles. The van der Waals surface area contributed by atoms with Gasteiger partial charge in [-0.15, -0.1) is 0 Å². The van der Waals surface area contributed by atoms with Gasteiger partial charge in [0.15, 0.2) is 17.6 Å². The van der Waals surface area contributed by atoms with Crippen LogP contribution in [0.2, 0.25) is 0 Å². The molecule has 2 aromatic carbocycles. The van der Waals surface area contributed by atoms with Gasteiger partial charge >= 0.3 is 5.97 Å². The minimum absolute atomic E-state index is 0.0769. The standard InChI is InChI=1S/C21H22N2O5/c1-3-26-16-10-8-15(9-11-16)22-21(25)14(2)27-20(24)13-12-19-23-17-6-4-5-7-18(17)28-19/h4-11,14H,3,12-13H2,1-2H3,(H,22,25)/t14-/m1/s1. The topological polar surface area (TPSA) is 90.7 Å². The number of nitrogens with zero attached hydrogens (tertiary/aromatic N) is 1. The number of fused-ring (bicyclic) bond motifs is 1. The summed E-state index contributed by atoms with van der Waals surface area (Å²) >= 11 is 0. The summed E-state index contributed by atoms with van der Waals surface area (Å²) in [6.07, 6.45) is -0.531. The van der Waals surface area contributed by atoms with E-state index in [2.05, 4.69) is 10.3 Å². The Bertz CT molecular complexity index is 916. The van der Waals surface area contributed by atoms with Crippen molar-refractivity contribution in [2.75, 3.05) is 11.9 Å². The summed E-state index contributed by atoms with van der Waals surface area (Å²) in [5, 5.41) is 2.71. The molecule has 0 saturated carbocycles. The SMILES string of the molecule is CCOc1ccc(NC(=O)[C@@H](C)OC(=O)CCc2nc3ccccc3o2)cc1. The van der Waals surface area contributed by atoms with E-state index < -0.39 is 18.0 Å². The van der Waals surface area contributed by atoms with Gasteiger partial charge in [0.2, 0.25) is 0 Å². The van der Waals surface area contributed by atoms with E-state index in [1.54, 1.807) is 24.3 Å². The van der Waals surface area contributed by atoms with Gasteiger partial charge in [-0.3, -0.25) is 9.59 Å². The first-order chi connectivity index (χ1) is 13.5. The zero-order chi connectivity index (χ0) is 19.9. The number of benzene rings is 2. The number of esters is 1. The third-order valence-corrected chi connectivity index (χ3v) is 3.99. The zero-order valence-electron chi connectivity index (χ0n) is 15.8. The summed E-state index contributed by atoms with van der Waals surface area (Å²) in [7, 11) is 0. The molecule has 1 amide bonds. The van der Waals surface area contributed by atoms with Crippen molar-refractivity contribution in [2.24, 2.45) is 0 Å². The highest BCUT2D eigenvalue weighted by molar-refractivity contribution is 5.95. The third kappa shape index (κ3) is 5.09. The van der Waals surface area contributed by atoms with E-state index in [0.29, 0.717) is 30.2 Å². The van der Waals surface area contributed by atoms with Crippen molar-refractivity contribution in [1.29, 1.82) is 0 Å². The summed E-state index contributed by atoms with van der Waals surface area (Å²) in [5.74, 6) is 0.291. The molecule has 1 heterocycles. The van der Waals surface area contributed by atoms with Gasteiger partial charge in [-0.25, -0.2) is 4.98 Å². The molecule has 3 rings (SSSR count). The zero-order valence-corrected chi connectivity index (χ0v) is 15.8. The maximum atomic E-state index is 12.2. The molecule has 1 atom stereocenters. The van der Waals surface area contributed by atoms with Gasteiger partial charge in [-0.1, -0.05) is 12.1 Å². The van der Waals surface area contributed by atoms with E-state index in [1.807, 2.05) is 31.2 Å². The lowest BCUT2D eigenvalue weighted by atomic mass is 10.2. The Morgan fingerprint density at radius 2 is 1.89 bits per heavy atom. The van der Waals surface area contributed by atoms with Gasteiger partial charge in [-0.2, -0.15) is 0 Å². The number of hydrogen-bond acceptors (Lipinski definition) is 6. The molecule has 1 N–H and O–H groups in total. The molecule has 3 aromatic rings. The second-order valence-corrected chi connectivity index (χ2v) is 6.15. The highest BCUT2D eigenvalue weighted by atomic mass is 16.5. The van der Waals surface area contributed by atoms with E-state index in [-0.39, 0.29) is 6.42 Å². The molecule has 7 nitrogen and oxygen atoms in total. The number of nitrogens with one attached hydrogen (secondary N) is 1. The second kappa shape index (κ2) is 9.03. The predicted octanol–water partition coefficient (Wildman–Crippen LogP) is 3.73. The lowest BCUT2D eigenvalue weighted by molar-refractivity contribution is -0.153. The average Bonchev–Trinajstić information content (AvgIpc) is 3.11. The number of aryl methyl sites for hydroxylation is 1. The average molecular weight is 382 g/mol. The minimum Gasteiger partial charge on any atom is -0.494 e. The fraction of sp³-hybridized carbons (Fsp3) is 0.286. The molecule has 0 aliphatic carbocycles. The van der Waals surface area contributed by atoms with Crippen LogP contribution in [0.3, 0.4) is 0 Å². The molecule has 0 fully saturated rings. The number of hydrogen-bond donors (Lipinski definition) is 1.